The van der Waals surface area contributed by atoms with Crippen LogP contribution in [0, 0.1) is 11.8 Å². The Balaban J connectivity index is 3.05. The maximum absolute atomic E-state index is 5.69. The van der Waals surface area contributed by atoms with Gasteiger partial charge in [0.1, 0.15) is 0 Å². The first kappa shape index (κ1) is 16.5. The molecule has 17 heavy (non-hydrogen) atoms. The van der Waals surface area contributed by atoms with Gasteiger partial charge in [0.25, 0.3) is 0 Å². The minimum absolute atomic E-state index is 0.0281. The lowest BCUT2D eigenvalue weighted by atomic mass is 10.1. The van der Waals surface area contributed by atoms with Crippen LogP contribution >= 0.6 is 0 Å². The maximum Gasteiger partial charge on any atom is 0.0598 e. The normalized spacial score (nSPS) is 11.1. The van der Waals surface area contributed by atoms with Gasteiger partial charge < -0.3 is 4.74 Å². The Morgan fingerprint density at radius 3 is 1.88 bits per heavy atom. The number of hydrogen-bond acceptors (Lipinski definition) is 1. The van der Waals surface area contributed by atoms with Crippen molar-refractivity contribution in [2.24, 2.45) is 0 Å². The summed E-state index contributed by atoms with van der Waals surface area (Å²) in [4.78, 5) is 0. The Labute approximate surface area is 108 Å². The van der Waals surface area contributed by atoms with E-state index in [0.717, 1.165) is 13.0 Å². The molecule has 0 aliphatic heterocycles. The largest absolute Gasteiger partial charge is 0.376 e. The first-order valence-electron chi connectivity index (χ1n) is 7.10. The van der Waals surface area contributed by atoms with Gasteiger partial charge in [-0.2, -0.15) is 0 Å². The molecule has 0 fully saturated rings. The smallest absolute Gasteiger partial charge is 0.0598 e. The SMILES string of the molecule is CC#CCCCCCCCCCOC(C)(C)C. The maximum atomic E-state index is 5.69. The average Bonchev–Trinajstić information content (AvgIpc) is 2.24. The lowest BCUT2D eigenvalue weighted by molar-refractivity contribution is -0.00474. The van der Waals surface area contributed by atoms with Gasteiger partial charge in [-0.3, -0.25) is 0 Å². The lowest BCUT2D eigenvalue weighted by Gasteiger charge is -2.19. The van der Waals surface area contributed by atoms with Crippen LogP contribution in [0.15, 0.2) is 0 Å². The van der Waals surface area contributed by atoms with Crippen LogP contribution in [0.4, 0.5) is 0 Å². The molecule has 1 heteroatoms. The molecule has 0 saturated heterocycles. The van der Waals surface area contributed by atoms with Crippen molar-refractivity contribution in [1.29, 1.82) is 0 Å². The standard InChI is InChI=1S/C16H30O/c1-5-6-7-8-9-10-11-12-13-14-15-17-16(2,3)4/h7-15H2,1-4H3. The van der Waals surface area contributed by atoms with E-state index in [1.807, 2.05) is 6.92 Å². The third-order valence-corrected chi connectivity index (χ3v) is 2.66. The van der Waals surface area contributed by atoms with E-state index in [1.165, 1.54) is 44.9 Å². The predicted octanol–water partition coefficient (Wildman–Crippen LogP) is 4.95. The molecule has 0 saturated carbocycles. The van der Waals surface area contributed by atoms with Crippen LogP contribution in [0.1, 0.15) is 79.1 Å². The van der Waals surface area contributed by atoms with E-state index < -0.39 is 0 Å². The van der Waals surface area contributed by atoms with Gasteiger partial charge in [-0.25, -0.2) is 0 Å². The first-order chi connectivity index (χ1) is 8.06. The molecule has 0 atom stereocenters. The first-order valence-corrected chi connectivity index (χ1v) is 7.10. The van der Waals surface area contributed by atoms with Gasteiger partial charge in [0.2, 0.25) is 0 Å². The van der Waals surface area contributed by atoms with Crippen molar-refractivity contribution in [2.45, 2.75) is 84.7 Å². The molecule has 0 amide bonds. The molecule has 0 radical (unpaired) electrons. The predicted molar refractivity (Wildman–Crippen MR) is 76.1 cm³/mol. The van der Waals surface area contributed by atoms with Gasteiger partial charge in [-0.15, -0.1) is 11.8 Å². The van der Waals surface area contributed by atoms with Crippen LogP contribution in [-0.2, 0) is 4.74 Å². The fraction of sp³-hybridized carbons (Fsp3) is 0.875. The highest BCUT2D eigenvalue weighted by atomic mass is 16.5. The van der Waals surface area contributed by atoms with Gasteiger partial charge in [-0.1, -0.05) is 32.1 Å². The van der Waals surface area contributed by atoms with E-state index in [-0.39, 0.29) is 5.60 Å². The van der Waals surface area contributed by atoms with Gasteiger partial charge in [0, 0.05) is 13.0 Å². The van der Waals surface area contributed by atoms with Crippen molar-refractivity contribution in [2.75, 3.05) is 6.61 Å². The summed E-state index contributed by atoms with van der Waals surface area (Å²) in [5.74, 6) is 6.06. The van der Waals surface area contributed by atoms with E-state index in [2.05, 4.69) is 32.6 Å². The minimum Gasteiger partial charge on any atom is -0.376 e. The van der Waals surface area contributed by atoms with Crippen LogP contribution in [0.3, 0.4) is 0 Å². The van der Waals surface area contributed by atoms with Crippen molar-refractivity contribution in [3.8, 4) is 11.8 Å². The molecule has 0 aliphatic rings. The topological polar surface area (TPSA) is 9.23 Å². The van der Waals surface area contributed by atoms with E-state index in [9.17, 15) is 0 Å². The van der Waals surface area contributed by atoms with Crippen molar-refractivity contribution in [1.82, 2.24) is 0 Å². The summed E-state index contributed by atoms with van der Waals surface area (Å²) in [6, 6.07) is 0. The monoisotopic (exact) mass is 238 g/mol. The molecular formula is C16H30O. The van der Waals surface area contributed by atoms with E-state index in [0.29, 0.717) is 0 Å². The van der Waals surface area contributed by atoms with Crippen molar-refractivity contribution in [3.05, 3.63) is 0 Å². The molecule has 0 aliphatic carbocycles. The summed E-state index contributed by atoms with van der Waals surface area (Å²) in [6.07, 6.45) is 10.3. The highest BCUT2D eigenvalue weighted by Crippen LogP contribution is 2.11. The van der Waals surface area contributed by atoms with Crippen molar-refractivity contribution >= 4 is 0 Å². The second-order valence-electron chi connectivity index (χ2n) is 5.61. The molecule has 0 spiro atoms. The van der Waals surface area contributed by atoms with Gasteiger partial charge in [0.15, 0.2) is 0 Å². The highest BCUT2D eigenvalue weighted by Gasteiger charge is 2.08. The molecule has 0 rings (SSSR count). The van der Waals surface area contributed by atoms with Gasteiger partial charge >= 0.3 is 0 Å². The van der Waals surface area contributed by atoms with Crippen molar-refractivity contribution in [3.63, 3.8) is 0 Å². The van der Waals surface area contributed by atoms with Crippen LogP contribution in [0.25, 0.3) is 0 Å². The number of ether oxygens (including phenoxy) is 1. The Bertz CT molecular complexity index is 214. The summed E-state index contributed by atoms with van der Waals surface area (Å²) < 4.78 is 5.69. The lowest BCUT2D eigenvalue weighted by Crippen LogP contribution is -2.19. The zero-order valence-electron chi connectivity index (χ0n) is 12.3. The third kappa shape index (κ3) is 15.5. The summed E-state index contributed by atoms with van der Waals surface area (Å²) in [5, 5.41) is 0. The summed E-state index contributed by atoms with van der Waals surface area (Å²) >= 11 is 0. The molecule has 0 aromatic carbocycles. The molecule has 0 bridgehead atoms. The quantitative estimate of drug-likeness (QED) is 0.408. The average molecular weight is 238 g/mol. The van der Waals surface area contributed by atoms with Gasteiger partial charge in [-0.05, 0) is 40.5 Å². The Kier molecular flexibility index (Phi) is 10.4. The van der Waals surface area contributed by atoms with Crippen LogP contribution in [-0.4, -0.2) is 12.2 Å². The highest BCUT2D eigenvalue weighted by molar-refractivity contribution is 4.94. The molecule has 0 N–H and O–H groups in total. The molecule has 0 aromatic heterocycles. The van der Waals surface area contributed by atoms with Crippen molar-refractivity contribution < 1.29 is 4.74 Å². The Morgan fingerprint density at radius 1 is 0.824 bits per heavy atom. The molecular weight excluding hydrogens is 208 g/mol. The van der Waals surface area contributed by atoms with E-state index >= 15 is 0 Å². The number of hydrogen-bond donors (Lipinski definition) is 0. The van der Waals surface area contributed by atoms with Crippen LogP contribution in [0.2, 0.25) is 0 Å². The Morgan fingerprint density at radius 2 is 1.35 bits per heavy atom. The molecule has 0 unspecified atom stereocenters. The zero-order chi connectivity index (χ0) is 13.0. The Hall–Kier alpha value is -0.480. The summed E-state index contributed by atoms with van der Waals surface area (Å²) in [5.41, 5.74) is 0.0281. The second-order valence-corrected chi connectivity index (χ2v) is 5.61. The second kappa shape index (κ2) is 10.7. The molecule has 0 heterocycles. The van der Waals surface area contributed by atoms with Gasteiger partial charge in [0.05, 0.1) is 5.60 Å². The summed E-state index contributed by atoms with van der Waals surface area (Å²) in [6.45, 7) is 9.18. The summed E-state index contributed by atoms with van der Waals surface area (Å²) in [7, 11) is 0. The fourth-order valence-electron chi connectivity index (χ4n) is 1.70. The molecule has 0 aromatic rings. The van der Waals surface area contributed by atoms with E-state index in [1.54, 1.807) is 0 Å². The van der Waals surface area contributed by atoms with Crippen LogP contribution in [0.5, 0.6) is 0 Å². The van der Waals surface area contributed by atoms with E-state index in [4.69, 9.17) is 4.74 Å². The minimum atomic E-state index is 0.0281. The molecule has 1 nitrogen and oxygen atoms in total. The third-order valence-electron chi connectivity index (χ3n) is 2.66. The number of unbranched alkanes of at least 4 members (excludes halogenated alkanes) is 7. The molecule has 100 valence electrons. The zero-order valence-corrected chi connectivity index (χ0v) is 12.3. The fourth-order valence-corrected chi connectivity index (χ4v) is 1.70. The van der Waals surface area contributed by atoms with Crippen LogP contribution < -0.4 is 0 Å². The number of rotatable bonds is 9.